The zero-order valence-electron chi connectivity index (χ0n) is 16.4. The topological polar surface area (TPSA) is 114 Å². The molecule has 0 radical (unpaired) electrons. The minimum absolute atomic E-state index is 0.160. The van der Waals surface area contributed by atoms with Crippen molar-refractivity contribution in [1.82, 2.24) is 0 Å². The highest BCUT2D eigenvalue weighted by atomic mass is 35.5. The van der Waals surface area contributed by atoms with Gasteiger partial charge in [-0.25, -0.2) is 0 Å². The van der Waals surface area contributed by atoms with Crippen LogP contribution in [0.5, 0.6) is 0 Å². The summed E-state index contributed by atoms with van der Waals surface area (Å²) in [6.07, 6.45) is 2.64. The zero-order chi connectivity index (χ0) is 21.7. The maximum atomic E-state index is 10.4. The van der Waals surface area contributed by atoms with Gasteiger partial charge in [0.05, 0.1) is 34.2 Å². The summed E-state index contributed by atoms with van der Waals surface area (Å²) < 4.78 is 12.3. The van der Waals surface area contributed by atoms with Gasteiger partial charge in [0.2, 0.25) is 17.1 Å². The van der Waals surface area contributed by atoms with Crippen LogP contribution in [-0.4, -0.2) is 11.7 Å². The summed E-state index contributed by atoms with van der Waals surface area (Å²) in [5, 5.41) is 40.0. The molecule has 2 heterocycles. The standard InChI is InChI=1S/C22H20Cl2N4O2/c1-2-4-13-7-8-22-16(9-13)21(12-27,19(28)30-22)20(10-25,11-26)18(29-22)14-5-3-6-15(23)17(14)24/h3,5-6,13,16,18,28H,2,4,7-9H2,1H3. The SMILES string of the molecule is CCCC1CCC23OC(=N)C(C#N)(C2C1)C(C#N)(C#N)C(c1cccc(Cl)c1Cl)O3. The predicted octanol–water partition coefficient (Wildman–Crippen LogP) is 5.53. The molecule has 0 aromatic heterocycles. The number of hydrogen-bond acceptors (Lipinski definition) is 6. The van der Waals surface area contributed by atoms with Crippen LogP contribution in [0.2, 0.25) is 10.0 Å². The number of nitrogens with one attached hydrogen (secondary N) is 1. The Morgan fingerprint density at radius 3 is 2.57 bits per heavy atom. The van der Waals surface area contributed by atoms with E-state index in [0.29, 0.717) is 24.3 Å². The van der Waals surface area contributed by atoms with E-state index < -0.39 is 28.6 Å². The first-order valence-electron chi connectivity index (χ1n) is 9.99. The normalized spacial score (nSPS) is 36.0. The van der Waals surface area contributed by atoms with Crippen LogP contribution in [0.25, 0.3) is 0 Å². The molecule has 5 atom stereocenters. The second kappa shape index (κ2) is 7.14. The summed E-state index contributed by atoms with van der Waals surface area (Å²) >= 11 is 12.6. The lowest BCUT2D eigenvalue weighted by Crippen LogP contribution is -2.61. The zero-order valence-corrected chi connectivity index (χ0v) is 17.9. The largest absolute Gasteiger partial charge is 0.447 e. The molecule has 1 aromatic carbocycles. The second-order valence-corrected chi connectivity index (χ2v) is 9.10. The van der Waals surface area contributed by atoms with Crippen LogP contribution in [0.4, 0.5) is 0 Å². The van der Waals surface area contributed by atoms with Crippen LogP contribution in [-0.2, 0) is 9.47 Å². The Hall–Kier alpha value is -2.30. The Balaban J connectivity index is 1.96. The molecule has 2 bridgehead atoms. The van der Waals surface area contributed by atoms with Crippen molar-refractivity contribution in [3.8, 4) is 18.2 Å². The molecule has 154 valence electrons. The molecule has 3 aliphatic rings. The number of nitriles is 3. The summed E-state index contributed by atoms with van der Waals surface area (Å²) in [5.41, 5.74) is -3.41. The molecule has 0 spiro atoms. The first-order chi connectivity index (χ1) is 14.4. The Kier molecular flexibility index (Phi) is 4.99. The lowest BCUT2D eigenvalue weighted by Gasteiger charge is -2.53. The Labute approximate surface area is 185 Å². The lowest BCUT2D eigenvalue weighted by molar-refractivity contribution is -0.299. The van der Waals surface area contributed by atoms with Gasteiger partial charge in [-0.2, -0.15) is 15.8 Å². The molecule has 2 aliphatic heterocycles. The maximum Gasteiger partial charge on any atom is 0.217 e. The van der Waals surface area contributed by atoms with E-state index in [9.17, 15) is 15.8 Å². The third kappa shape index (κ3) is 2.41. The van der Waals surface area contributed by atoms with Gasteiger partial charge in [-0.15, -0.1) is 0 Å². The van der Waals surface area contributed by atoms with Gasteiger partial charge in [-0.1, -0.05) is 55.1 Å². The smallest absolute Gasteiger partial charge is 0.217 e. The van der Waals surface area contributed by atoms with Crippen molar-refractivity contribution in [3.05, 3.63) is 33.8 Å². The van der Waals surface area contributed by atoms with Gasteiger partial charge >= 0.3 is 0 Å². The van der Waals surface area contributed by atoms with E-state index in [1.54, 1.807) is 18.2 Å². The predicted molar refractivity (Wildman–Crippen MR) is 109 cm³/mol. The van der Waals surface area contributed by atoms with E-state index in [1.165, 1.54) is 0 Å². The molecular weight excluding hydrogens is 423 g/mol. The van der Waals surface area contributed by atoms with Gasteiger partial charge < -0.3 is 9.47 Å². The molecule has 3 fully saturated rings. The van der Waals surface area contributed by atoms with Crippen molar-refractivity contribution < 1.29 is 9.47 Å². The minimum atomic E-state index is -2.01. The van der Waals surface area contributed by atoms with E-state index in [2.05, 4.69) is 25.1 Å². The fraction of sp³-hybridized carbons (Fsp3) is 0.545. The van der Waals surface area contributed by atoms with E-state index >= 15 is 0 Å². The molecule has 4 rings (SSSR count). The van der Waals surface area contributed by atoms with Gasteiger partial charge in [0.15, 0.2) is 5.41 Å². The molecule has 1 aromatic rings. The highest BCUT2D eigenvalue weighted by molar-refractivity contribution is 6.42. The highest BCUT2D eigenvalue weighted by Gasteiger charge is 2.81. The average Bonchev–Trinajstić information content (AvgIpc) is 2.94. The van der Waals surface area contributed by atoms with Crippen molar-refractivity contribution in [2.45, 2.75) is 50.9 Å². The number of ether oxygens (including phenoxy) is 2. The summed E-state index contributed by atoms with van der Waals surface area (Å²) in [6, 6.07) is 11.2. The van der Waals surface area contributed by atoms with E-state index in [0.717, 1.165) is 19.3 Å². The van der Waals surface area contributed by atoms with Crippen molar-refractivity contribution >= 4 is 29.1 Å². The van der Waals surface area contributed by atoms with Gasteiger partial charge in [0.1, 0.15) is 6.10 Å². The first kappa shape index (κ1) is 21.0. The number of rotatable bonds is 3. The van der Waals surface area contributed by atoms with Crippen molar-refractivity contribution in [3.63, 3.8) is 0 Å². The van der Waals surface area contributed by atoms with Crippen LogP contribution in [0.1, 0.15) is 50.7 Å². The van der Waals surface area contributed by atoms with Crippen LogP contribution in [0.15, 0.2) is 18.2 Å². The monoisotopic (exact) mass is 442 g/mol. The summed E-state index contributed by atoms with van der Waals surface area (Å²) in [5.74, 6) is -1.86. The molecule has 1 aliphatic carbocycles. The van der Waals surface area contributed by atoms with Crippen molar-refractivity contribution in [1.29, 1.82) is 21.2 Å². The van der Waals surface area contributed by atoms with Crippen LogP contribution in [0, 0.1) is 62.1 Å². The fourth-order valence-electron chi connectivity index (χ4n) is 5.59. The van der Waals surface area contributed by atoms with Gasteiger partial charge in [-0.05, 0) is 24.8 Å². The third-order valence-corrected chi connectivity index (χ3v) is 7.81. The number of halogens is 2. The third-order valence-electron chi connectivity index (χ3n) is 6.98. The Bertz CT molecular complexity index is 1030. The highest BCUT2D eigenvalue weighted by Crippen LogP contribution is 2.70. The lowest BCUT2D eigenvalue weighted by atomic mass is 9.50. The van der Waals surface area contributed by atoms with Gasteiger partial charge in [-0.3, -0.25) is 5.41 Å². The summed E-state index contributed by atoms with van der Waals surface area (Å²) in [4.78, 5) is 0. The molecule has 6 nitrogen and oxygen atoms in total. The van der Waals surface area contributed by atoms with E-state index in [1.807, 2.05) is 0 Å². The molecule has 5 unspecified atom stereocenters. The Morgan fingerprint density at radius 2 is 1.93 bits per heavy atom. The fourth-order valence-corrected chi connectivity index (χ4v) is 6.00. The number of benzene rings is 1. The van der Waals surface area contributed by atoms with E-state index in [-0.39, 0.29) is 15.9 Å². The number of hydrogen-bond donors (Lipinski definition) is 1. The molecule has 30 heavy (non-hydrogen) atoms. The van der Waals surface area contributed by atoms with Crippen molar-refractivity contribution in [2.24, 2.45) is 22.7 Å². The van der Waals surface area contributed by atoms with Crippen molar-refractivity contribution in [2.75, 3.05) is 0 Å². The molecule has 1 N–H and O–H groups in total. The first-order valence-corrected chi connectivity index (χ1v) is 10.7. The van der Waals surface area contributed by atoms with Gasteiger partial charge in [0, 0.05) is 12.0 Å². The molecule has 1 saturated carbocycles. The van der Waals surface area contributed by atoms with Gasteiger partial charge in [0.25, 0.3) is 0 Å². The number of nitrogens with zero attached hydrogens (tertiary/aromatic N) is 3. The molecule has 0 amide bonds. The van der Waals surface area contributed by atoms with Crippen LogP contribution in [0.3, 0.4) is 0 Å². The minimum Gasteiger partial charge on any atom is -0.447 e. The average molecular weight is 443 g/mol. The molecular formula is C22H20Cl2N4O2. The quantitative estimate of drug-likeness (QED) is 0.660. The summed E-state index contributed by atoms with van der Waals surface area (Å²) in [7, 11) is 0. The molecule has 8 heteroatoms. The Morgan fingerprint density at radius 1 is 1.20 bits per heavy atom. The van der Waals surface area contributed by atoms with Crippen LogP contribution >= 0.6 is 23.2 Å². The second-order valence-electron chi connectivity index (χ2n) is 8.32. The summed E-state index contributed by atoms with van der Waals surface area (Å²) in [6.45, 7) is 2.10. The maximum absolute atomic E-state index is 10.4. The van der Waals surface area contributed by atoms with E-state index in [4.69, 9.17) is 38.1 Å². The molecule has 2 saturated heterocycles. The van der Waals surface area contributed by atoms with Crippen LogP contribution < -0.4 is 0 Å².